The second-order valence-electron chi connectivity index (χ2n) is 9.98. The molecule has 0 aromatic heterocycles. The lowest BCUT2D eigenvalue weighted by atomic mass is 9.83. The molecule has 188 valence electrons. The zero-order valence-electron chi connectivity index (χ0n) is 20.1. The first-order chi connectivity index (χ1) is 17.4. The van der Waals surface area contributed by atoms with Crippen LogP contribution in [0.25, 0.3) is 0 Å². The predicted octanol–water partition coefficient (Wildman–Crippen LogP) is 6.10. The number of hydrogen-bond acceptors (Lipinski definition) is 2. The summed E-state index contributed by atoms with van der Waals surface area (Å²) in [6, 6.07) is 19.7. The fourth-order valence-corrected chi connectivity index (χ4v) is 5.61. The van der Waals surface area contributed by atoms with Crippen molar-refractivity contribution in [3.63, 3.8) is 0 Å². The van der Waals surface area contributed by atoms with Crippen molar-refractivity contribution in [2.75, 3.05) is 31.1 Å². The monoisotopic (exact) mass is 495 g/mol. The van der Waals surface area contributed by atoms with E-state index in [2.05, 4.69) is 12.1 Å². The van der Waals surface area contributed by atoms with Gasteiger partial charge in [0.05, 0.1) is 31.9 Å². The molecule has 0 unspecified atom stereocenters. The molecule has 7 heteroatoms. The van der Waals surface area contributed by atoms with Gasteiger partial charge in [0, 0.05) is 25.2 Å². The first-order valence-corrected chi connectivity index (χ1v) is 12.5. The normalized spacial score (nSPS) is 22.9. The molecule has 3 heterocycles. The number of fused-ring (bicyclic) bond motifs is 3. The zero-order valence-corrected chi connectivity index (χ0v) is 20.1. The van der Waals surface area contributed by atoms with E-state index in [9.17, 15) is 18.0 Å². The van der Waals surface area contributed by atoms with Gasteiger partial charge in [0.1, 0.15) is 12.4 Å². The molecule has 0 N–H and O–H groups in total. The largest absolute Gasteiger partial charge is 0.440 e. The number of para-hydroxylation sites is 1. The summed E-state index contributed by atoms with van der Waals surface area (Å²) in [5.74, 6) is -2.30. The number of carbonyl (C=O) groups excluding carboxylic acids is 1. The van der Waals surface area contributed by atoms with Crippen molar-refractivity contribution in [3.8, 4) is 0 Å². The van der Waals surface area contributed by atoms with Gasteiger partial charge in [-0.15, -0.1) is 0 Å². The Labute approximate surface area is 209 Å². The van der Waals surface area contributed by atoms with Crippen LogP contribution >= 0.6 is 0 Å². The number of hydrogen-bond donors (Lipinski definition) is 0. The summed E-state index contributed by atoms with van der Waals surface area (Å²) in [6.45, 7) is 3.72. The van der Waals surface area contributed by atoms with Gasteiger partial charge in [-0.05, 0) is 35.4 Å². The minimum Gasteiger partial charge on any atom is -0.440 e. The molecule has 3 aliphatic rings. The Morgan fingerprint density at radius 3 is 2.31 bits per heavy atom. The Bertz CT molecular complexity index is 1210. The van der Waals surface area contributed by atoms with Crippen LogP contribution in [0.5, 0.6) is 0 Å². The lowest BCUT2D eigenvalue weighted by Gasteiger charge is -2.52. The van der Waals surface area contributed by atoms with Crippen LogP contribution in [0.1, 0.15) is 24.0 Å². The fraction of sp³-hybridized carbons (Fsp3) is 0.345. The summed E-state index contributed by atoms with van der Waals surface area (Å²) < 4.78 is 48.9. The molecule has 0 saturated carbocycles. The number of rotatable bonds is 7. The Morgan fingerprint density at radius 1 is 0.861 bits per heavy atom. The van der Waals surface area contributed by atoms with Gasteiger partial charge in [-0.2, -0.15) is 0 Å². The summed E-state index contributed by atoms with van der Waals surface area (Å²) >= 11 is 0. The second-order valence-corrected chi connectivity index (χ2v) is 9.98. The molecule has 0 radical (unpaired) electrons. The predicted molar refractivity (Wildman–Crippen MR) is 132 cm³/mol. The van der Waals surface area contributed by atoms with Crippen LogP contribution < -0.4 is 4.90 Å². The average molecular weight is 496 g/mol. The van der Waals surface area contributed by atoms with Gasteiger partial charge < -0.3 is 9.22 Å². The maximum Gasteiger partial charge on any atom is 0.415 e. The minimum atomic E-state index is -1.02. The Kier molecular flexibility index (Phi) is 7.01. The molecule has 3 aromatic carbocycles. The highest BCUT2D eigenvalue weighted by atomic mass is 19.2. The van der Waals surface area contributed by atoms with E-state index in [0.717, 1.165) is 62.1 Å². The lowest BCUT2D eigenvalue weighted by Crippen LogP contribution is -2.65. The van der Waals surface area contributed by atoms with Gasteiger partial charge >= 0.3 is 6.09 Å². The summed E-state index contributed by atoms with van der Waals surface area (Å²) in [5.41, 5.74) is 1.68. The maximum absolute atomic E-state index is 14.7. The fourth-order valence-electron chi connectivity index (χ4n) is 5.61. The van der Waals surface area contributed by atoms with Crippen LogP contribution in [0.3, 0.4) is 0 Å². The third-order valence-corrected chi connectivity index (χ3v) is 7.70. The molecule has 0 spiro atoms. The molecule has 1 atom stereocenters. The van der Waals surface area contributed by atoms with E-state index in [1.807, 2.05) is 18.2 Å². The van der Waals surface area contributed by atoms with Crippen molar-refractivity contribution in [2.45, 2.75) is 31.9 Å². The van der Waals surface area contributed by atoms with Crippen LogP contribution in [-0.4, -0.2) is 42.9 Å². The van der Waals surface area contributed by atoms with E-state index in [1.165, 1.54) is 34.7 Å². The van der Waals surface area contributed by atoms with E-state index in [-0.39, 0.29) is 24.3 Å². The van der Waals surface area contributed by atoms with Crippen molar-refractivity contribution < 1.29 is 27.2 Å². The van der Waals surface area contributed by atoms with E-state index in [0.29, 0.717) is 5.56 Å². The molecule has 3 aromatic rings. The van der Waals surface area contributed by atoms with Crippen LogP contribution in [0.4, 0.5) is 23.7 Å². The number of amides is 1. The highest BCUT2D eigenvalue weighted by molar-refractivity contribution is 5.87. The molecule has 3 saturated heterocycles. The van der Waals surface area contributed by atoms with E-state index < -0.39 is 23.5 Å². The summed E-state index contributed by atoms with van der Waals surface area (Å²) in [6.07, 6.45) is 1.98. The van der Waals surface area contributed by atoms with Gasteiger partial charge in [0.2, 0.25) is 0 Å². The molecular weight excluding hydrogens is 465 g/mol. The smallest absolute Gasteiger partial charge is 0.415 e. The molecule has 2 bridgehead atoms. The molecule has 4 nitrogen and oxygen atoms in total. The van der Waals surface area contributed by atoms with Crippen LogP contribution in [0, 0.1) is 23.4 Å². The van der Waals surface area contributed by atoms with E-state index in [1.54, 1.807) is 6.07 Å². The number of nitrogens with zero attached hydrogens (tertiary/aromatic N) is 2. The molecule has 3 fully saturated rings. The van der Waals surface area contributed by atoms with Crippen LogP contribution in [-0.2, 0) is 17.7 Å². The Hall–Kier alpha value is -3.32. The lowest BCUT2D eigenvalue weighted by molar-refractivity contribution is -0.945. The Balaban J connectivity index is 1.33. The number of anilines is 1. The Morgan fingerprint density at radius 2 is 1.58 bits per heavy atom. The highest BCUT2D eigenvalue weighted by Crippen LogP contribution is 2.36. The number of benzene rings is 3. The van der Waals surface area contributed by atoms with Crippen LogP contribution in [0.2, 0.25) is 0 Å². The topological polar surface area (TPSA) is 29.5 Å². The number of carbonyl (C=O) groups is 1. The molecule has 1 amide bonds. The quantitative estimate of drug-likeness (QED) is 0.371. The zero-order chi connectivity index (χ0) is 25.1. The molecule has 36 heavy (non-hydrogen) atoms. The first kappa shape index (κ1) is 24.4. The van der Waals surface area contributed by atoms with Crippen LogP contribution in [0.15, 0.2) is 72.8 Å². The van der Waals surface area contributed by atoms with Crippen molar-refractivity contribution in [1.82, 2.24) is 0 Å². The summed E-state index contributed by atoms with van der Waals surface area (Å²) in [7, 11) is 0. The third-order valence-electron chi connectivity index (χ3n) is 7.70. The number of quaternary nitrogens is 1. The summed E-state index contributed by atoms with van der Waals surface area (Å²) in [4.78, 5) is 14.6. The second kappa shape index (κ2) is 10.3. The van der Waals surface area contributed by atoms with E-state index >= 15 is 0 Å². The van der Waals surface area contributed by atoms with Gasteiger partial charge in [-0.1, -0.05) is 48.5 Å². The SMILES string of the molecule is O=C(O[C@H]1C[N+]2(CCc3ccccc3)CCC1CC2)N(Cc1ccc(F)c(F)c1)c1ccccc1F. The van der Waals surface area contributed by atoms with Crippen molar-refractivity contribution in [3.05, 3.63) is 101 Å². The number of ether oxygens (including phenoxy) is 1. The van der Waals surface area contributed by atoms with E-state index in [4.69, 9.17) is 4.74 Å². The van der Waals surface area contributed by atoms with Gasteiger partial charge in [0.25, 0.3) is 0 Å². The average Bonchev–Trinajstić information content (AvgIpc) is 2.90. The molecule has 3 aliphatic heterocycles. The van der Waals surface area contributed by atoms with Crippen molar-refractivity contribution in [2.24, 2.45) is 5.92 Å². The molecular formula is C29H30F3N2O2+. The standard InChI is InChI=1S/C29H30F3N2O2/c30-24-11-10-22(18-26(24)32)19-33(27-9-5-4-8-25(27)31)29(35)36-28-20-34(16-13-23(28)14-17-34)15-12-21-6-2-1-3-7-21/h1-11,18,23,28H,12-17,19-20H2/q+1/t23?,28-,34?/m0/s1. The van der Waals surface area contributed by atoms with Gasteiger partial charge in [-0.3, -0.25) is 4.90 Å². The number of halogens is 3. The number of piperidine rings is 3. The molecule has 6 rings (SSSR count). The van der Waals surface area contributed by atoms with Gasteiger partial charge in [0.15, 0.2) is 17.7 Å². The first-order valence-electron chi connectivity index (χ1n) is 12.5. The minimum absolute atomic E-state index is 0.0430. The molecule has 0 aliphatic carbocycles. The third kappa shape index (κ3) is 5.26. The summed E-state index contributed by atoms with van der Waals surface area (Å²) in [5, 5.41) is 0. The highest BCUT2D eigenvalue weighted by Gasteiger charge is 2.47. The van der Waals surface area contributed by atoms with Crippen molar-refractivity contribution >= 4 is 11.8 Å². The van der Waals surface area contributed by atoms with Gasteiger partial charge in [-0.25, -0.2) is 18.0 Å². The van der Waals surface area contributed by atoms with Crippen molar-refractivity contribution in [1.29, 1.82) is 0 Å². The maximum atomic E-state index is 14.7.